The first kappa shape index (κ1) is 19.9. The van der Waals surface area contributed by atoms with Crippen molar-refractivity contribution in [1.29, 1.82) is 0 Å². The van der Waals surface area contributed by atoms with Gasteiger partial charge in [0.1, 0.15) is 0 Å². The van der Waals surface area contributed by atoms with E-state index in [1.807, 2.05) is 10.9 Å². The molecule has 3 heterocycles. The highest BCUT2D eigenvalue weighted by molar-refractivity contribution is 5.77. The normalized spacial score (nSPS) is 33.0. The highest BCUT2D eigenvalue weighted by Crippen LogP contribution is 2.30. The molecule has 0 spiro atoms. The number of nitrogens with zero attached hydrogens (tertiary/aromatic N) is 3. The van der Waals surface area contributed by atoms with E-state index >= 15 is 0 Å². The van der Waals surface area contributed by atoms with Crippen molar-refractivity contribution in [3.05, 3.63) is 18.0 Å². The van der Waals surface area contributed by atoms with Gasteiger partial charge in [-0.15, -0.1) is 0 Å². The summed E-state index contributed by atoms with van der Waals surface area (Å²) in [6.45, 7) is 7.79. The number of aryl methyl sites for hydroxylation is 1. The average Bonchev–Trinajstić information content (AvgIpc) is 3.19. The summed E-state index contributed by atoms with van der Waals surface area (Å²) < 4.78 is 1.94. The lowest BCUT2D eigenvalue weighted by Crippen LogP contribution is -2.54. The van der Waals surface area contributed by atoms with E-state index in [1.54, 1.807) is 0 Å². The standard InChI is InChI=1S/C22H37N5O/c1-3-27-15-17(14-23-27)22-20(7-8-21(28)25-22)24-18-9-11-26(12-10-18)19-6-4-5-16(2)13-19/h14-16,18-20,22,24H,3-13H2,1-2H3,(H,25,28)/t16-,19+,20-,22+/m1/s1. The van der Waals surface area contributed by atoms with Crippen LogP contribution in [0, 0.1) is 5.92 Å². The second-order valence-electron chi connectivity index (χ2n) is 9.22. The van der Waals surface area contributed by atoms with Crippen LogP contribution in [-0.2, 0) is 11.3 Å². The third-order valence-corrected chi connectivity index (χ3v) is 7.14. The fourth-order valence-electron chi connectivity index (χ4n) is 5.48. The molecule has 156 valence electrons. The van der Waals surface area contributed by atoms with Crippen molar-refractivity contribution in [1.82, 2.24) is 25.3 Å². The maximum atomic E-state index is 12.0. The third kappa shape index (κ3) is 4.60. The van der Waals surface area contributed by atoms with Gasteiger partial charge in [-0.05, 0) is 58.0 Å². The summed E-state index contributed by atoms with van der Waals surface area (Å²) in [5.74, 6) is 1.05. The van der Waals surface area contributed by atoms with Crippen LogP contribution in [0.5, 0.6) is 0 Å². The number of hydrogen-bond donors (Lipinski definition) is 2. The Morgan fingerprint density at radius 3 is 2.75 bits per heavy atom. The molecule has 2 N–H and O–H groups in total. The monoisotopic (exact) mass is 387 g/mol. The Labute approximate surface area is 169 Å². The van der Waals surface area contributed by atoms with Crippen molar-refractivity contribution >= 4 is 5.91 Å². The Kier molecular flexibility index (Phi) is 6.36. The predicted molar refractivity (Wildman–Crippen MR) is 111 cm³/mol. The SMILES string of the molecule is CCn1cc([C@@H]2NC(=O)CC[C@H]2NC2CCN([C@H]3CCC[C@@H](C)C3)CC2)cn1. The van der Waals surface area contributed by atoms with E-state index in [2.05, 4.69) is 40.7 Å². The molecule has 1 saturated carbocycles. The van der Waals surface area contributed by atoms with Crippen molar-refractivity contribution in [3.8, 4) is 0 Å². The molecule has 1 aliphatic carbocycles. The molecule has 28 heavy (non-hydrogen) atoms. The molecular weight excluding hydrogens is 350 g/mol. The van der Waals surface area contributed by atoms with Crippen LogP contribution in [0.2, 0.25) is 0 Å². The van der Waals surface area contributed by atoms with E-state index in [0.717, 1.165) is 30.5 Å². The van der Waals surface area contributed by atoms with Crippen molar-refractivity contribution < 1.29 is 4.79 Å². The van der Waals surface area contributed by atoms with Crippen LogP contribution >= 0.6 is 0 Å². The van der Waals surface area contributed by atoms with Crippen LogP contribution < -0.4 is 10.6 Å². The average molecular weight is 388 g/mol. The van der Waals surface area contributed by atoms with Gasteiger partial charge in [0, 0.05) is 42.9 Å². The van der Waals surface area contributed by atoms with Crippen LogP contribution in [0.3, 0.4) is 0 Å². The third-order valence-electron chi connectivity index (χ3n) is 7.14. The molecule has 0 unspecified atom stereocenters. The molecule has 4 rings (SSSR count). The second kappa shape index (κ2) is 8.95. The van der Waals surface area contributed by atoms with E-state index in [4.69, 9.17) is 0 Å². The van der Waals surface area contributed by atoms with Gasteiger partial charge in [0.25, 0.3) is 0 Å². The Morgan fingerprint density at radius 1 is 1.21 bits per heavy atom. The molecule has 3 fully saturated rings. The van der Waals surface area contributed by atoms with Gasteiger partial charge in [-0.2, -0.15) is 5.10 Å². The summed E-state index contributed by atoms with van der Waals surface area (Å²) in [6.07, 6.45) is 13.6. The number of amides is 1. The first-order valence-electron chi connectivity index (χ1n) is 11.4. The summed E-state index contributed by atoms with van der Waals surface area (Å²) >= 11 is 0. The van der Waals surface area contributed by atoms with Gasteiger partial charge in [0.2, 0.25) is 5.91 Å². The van der Waals surface area contributed by atoms with Gasteiger partial charge in [-0.3, -0.25) is 9.48 Å². The van der Waals surface area contributed by atoms with E-state index < -0.39 is 0 Å². The van der Waals surface area contributed by atoms with Gasteiger partial charge < -0.3 is 15.5 Å². The lowest BCUT2D eigenvalue weighted by molar-refractivity contribution is -0.124. The fraction of sp³-hybridized carbons (Fsp3) is 0.818. The van der Waals surface area contributed by atoms with Gasteiger partial charge in [0.15, 0.2) is 0 Å². The molecule has 4 atom stereocenters. The van der Waals surface area contributed by atoms with Gasteiger partial charge >= 0.3 is 0 Å². The number of likely N-dealkylation sites (tertiary alicyclic amines) is 1. The smallest absolute Gasteiger partial charge is 0.220 e. The highest BCUT2D eigenvalue weighted by Gasteiger charge is 2.34. The molecule has 2 saturated heterocycles. The minimum Gasteiger partial charge on any atom is -0.348 e. The van der Waals surface area contributed by atoms with Crippen molar-refractivity contribution in [2.75, 3.05) is 13.1 Å². The molecule has 6 heteroatoms. The molecular formula is C22H37N5O. The van der Waals surface area contributed by atoms with Crippen LogP contribution in [0.15, 0.2) is 12.4 Å². The van der Waals surface area contributed by atoms with E-state index in [0.29, 0.717) is 18.5 Å². The van der Waals surface area contributed by atoms with Crippen molar-refractivity contribution in [2.24, 2.45) is 5.92 Å². The fourth-order valence-corrected chi connectivity index (χ4v) is 5.48. The van der Waals surface area contributed by atoms with E-state index in [-0.39, 0.29) is 11.9 Å². The van der Waals surface area contributed by atoms with Crippen LogP contribution in [0.1, 0.15) is 76.8 Å². The van der Waals surface area contributed by atoms with Crippen LogP contribution in [0.25, 0.3) is 0 Å². The van der Waals surface area contributed by atoms with Gasteiger partial charge in [-0.25, -0.2) is 0 Å². The lowest BCUT2D eigenvalue weighted by atomic mass is 9.85. The predicted octanol–water partition coefficient (Wildman–Crippen LogP) is 2.86. The summed E-state index contributed by atoms with van der Waals surface area (Å²) in [7, 11) is 0. The number of rotatable bonds is 5. The quantitative estimate of drug-likeness (QED) is 0.816. The first-order valence-corrected chi connectivity index (χ1v) is 11.4. The maximum Gasteiger partial charge on any atom is 0.220 e. The summed E-state index contributed by atoms with van der Waals surface area (Å²) in [5, 5.41) is 11.5. The van der Waals surface area contributed by atoms with E-state index in [1.165, 1.54) is 51.6 Å². The van der Waals surface area contributed by atoms with E-state index in [9.17, 15) is 4.79 Å². The van der Waals surface area contributed by atoms with Crippen molar-refractivity contribution in [2.45, 2.75) is 95.9 Å². The molecule has 1 amide bonds. The molecule has 0 aromatic carbocycles. The highest BCUT2D eigenvalue weighted by atomic mass is 16.1. The molecule has 1 aromatic heterocycles. The summed E-state index contributed by atoms with van der Waals surface area (Å²) in [5.41, 5.74) is 1.13. The number of piperidine rings is 2. The largest absolute Gasteiger partial charge is 0.348 e. The molecule has 1 aromatic rings. The van der Waals surface area contributed by atoms with Crippen molar-refractivity contribution in [3.63, 3.8) is 0 Å². The van der Waals surface area contributed by atoms with Crippen LogP contribution in [-0.4, -0.2) is 51.8 Å². The molecule has 3 aliphatic rings. The molecule has 0 bridgehead atoms. The number of aromatic nitrogens is 2. The zero-order valence-corrected chi connectivity index (χ0v) is 17.6. The van der Waals surface area contributed by atoms with Gasteiger partial charge in [-0.1, -0.05) is 19.8 Å². The Morgan fingerprint density at radius 2 is 2.04 bits per heavy atom. The number of nitrogens with one attached hydrogen (secondary N) is 2. The summed E-state index contributed by atoms with van der Waals surface area (Å²) in [6, 6.07) is 1.71. The van der Waals surface area contributed by atoms with Gasteiger partial charge in [0.05, 0.1) is 12.2 Å². The zero-order valence-electron chi connectivity index (χ0n) is 17.6. The number of carbonyl (C=O) groups excluding carboxylic acids is 1. The Hall–Kier alpha value is -1.40. The molecule has 2 aliphatic heterocycles. The summed E-state index contributed by atoms with van der Waals surface area (Å²) in [4.78, 5) is 14.8. The molecule has 6 nitrogen and oxygen atoms in total. The Balaban J connectivity index is 1.33. The number of hydrogen-bond acceptors (Lipinski definition) is 4. The second-order valence-corrected chi connectivity index (χ2v) is 9.22. The lowest BCUT2D eigenvalue weighted by Gasteiger charge is -2.42. The zero-order chi connectivity index (χ0) is 19.5. The first-order chi connectivity index (χ1) is 13.6. The molecule has 0 radical (unpaired) electrons. The number of carbonyl (C=O) groups is 1. The minimum atomic E-state index is 0.0405. The topological polar surface area (TPSA) is 62.2 Å². The van der Waals surface area contributed by atoms with Crippen LogP contribution in [0.4, 0.5) is 0 Å². The maximum absolute atomic E-state index is 12.0. The minimum absolute atomic E-state index is 0.0405. The Bertz CT molecular complexity index is 651.